The number of carbonyl (C=O) groups excluding carboxylic acids is 1. The average molecular weight is 556 g/mol. The van der Waals surface area contributed by atoms with E-state index in [1.807, 2.05) is 84.9 Å². The van der Waals surface area contributed by atoms with E-state index in [1.165, 1.54) is 19.2 Å². The van der Waals surface area contributed by atoms with E-state index >= 15 is 0 Å². The second-order valence-electron chi connectivity index (χ2n) is 8.73. The first kappa shape index (κ1) is 28.6. The Bertz CT molecular complexity index is 1560. The van der Waals surface area contributed by atoms with Gasteiger partial charge in [-0.25, -0.2) is 8.42 Å². The molecule has 0 unspecified atom stereocenters. The minimum absolute atomic E-state index is 0.0171. The summed E-state index contributed by atoms with van der Waals surface area (Å²) in [6, 6.07) is 30.8. The molecule has 0 fully saturated rings. The zero-order valence-electron chi connectivity index (χ0n) is 22.1. The molecule has 1 N–H and O–H groups in total. The number of ether oxygens (including phenoxy) is 3. The lowest BCUT2D eigenvalue weighted by atomic mass is 10.1. The third-order valence-corrected chi connectivity index (χ3v) is 7.49. The molecule has 0 aliphatic rings. The Labute approximate surface area is 234 Å². The van der Waals surface area contributed by atoms with Crippen LogP contribution < -0.4 is 9.46 Å². The van der Waals surface area contributed by atoms with E-state index in [1.54, 1.807) is 19.2 Å². The zero-order valence-corrected chi connectivity index (χ0v) is 22.9. The molecular weight excluding hydrogens is 526 g/mol. The highest BCUT2D eigenvalue weighted by atomic mass is 32.2. The molecule has 0 aliphatic carbocycles. The van der Waals surface area contributed by atoms with Crippen LogP contribution in [0.3, 0.4) is 0 Å². The van der Waals surface area contributed by atoms with Gasteiger partial charge in [0.15, 0.2) is 6.04 Å². The maximum atomic E-state index is 13.4. The highest BCUT2D eigenvalue weighted by Crippen LogP contribution is 2.24. The molecule has 4 aromatic carbocycles. The van der Waals surface area contributed by atoms with E-state index in [-0.39, 0.29) is 11.5 Å². The van der Waals surface area contributed by atoms with Gasteiger partial charge >= 0.3 is 5.97 Å². The van der Waals surface area contributed by atoms with E-state index in [4.69, 9.17) is 14.2 Å². The summed E-state index contributed by atoms with van der Waals surface area (Å²) in [6.07, 6.45) is -1.14. The molecule has 4 rings (SSSR count). The standard InChI is InChI=1S/C32H29NO6S/c1-37-28-18-14-26(15-19-28)27-16-20-29(21-17-27)40(35,36)33-31(32(34)38-2)30(22-13-24-9-5-3-6-10-24)39-23-25-11-7-4-8-12-25/h3-12,14-21,30-31,33H,23H2,1-2H3/t30-,31-/m1/s1. The molecule has 4 aromatic rings. The van der Waals surface area contributed by atoms with E-state index < -0.39 is 28.1 Å². The number of rotatable bonds is 10. The maximum Gasteiger partial charge on any atom is 0.327 e. The summed E-state index contributed by atoms with van der Waals surface area (Å²) in [5, 5.41) is 0. The van der Waals surface area contributed by atoms with Crippen LogP contribution in [0.15, 0.2) is 114 Å². The number of nitrogens with one attached hydrogen (secondary N) is 1. The van der Waals surface area contributed by atoms with Gasteiger partial charge in [-0.15, -0.1) is 0 Å². The lowest BCUT2D eigenvalue weighted by Crippen LogP contribution is -2.49. The van der Waals surface area contributed by atoms with Crippen molar-refractivity contribution in [2.45, 2.75) is 23.6 Å². The summed E-state index contributed by atoms with van der Waals surface area (Å²) in [4.78, 5) is 12.9. The first-order valence-electron chi connectivity index (χ1n) is 12.5. The molecule has 0 radical (unpaired) electrons. The van der Waals surface area contributed by atoms with Gasteiger partial charge in [0.1, 0.15) is 11.9 Å². The fourth-order valence-electron chi connectivity index (χ4n) is 3.86. The molecule has 0 spiro atoms. The third-order valence-electron chi connectivity index (χ3n) is 6.03. The normalized spacial score (nSPS) is 12.4. The van der Waals surface area contributed by atoms with Crippen LogP contribution in [0, 0.1) is 11.8 Å². The van der Waals surface area contributed by atoms with Crippen molar-refractivity contribution in [1.82, 2.24) is 4.72 Å². The number of methoxy groups -OCH3 is 2. The molecular formula is C32H29NO6S. The molecule has 2 atom stereocenters. The highest BCUT2D eigenvalue weighted by Gasteiger charge is 2.34. The van der Waals surface area contributed by atoms with Gasteiger partial charge in [-0.05, 0) is 53.1 Å². The molecule has 0 saturated carbocycles. The minimum Gasteiger partial charge on any atom is -0.497 e. The van der Waals surface area contributed by atoms with Crippen molar-refractivity contribution in [1.29, 1.82) is 0 Å². The number of hydrogen-bond donors (Lipinski definition) is 1. The summed E-state index contributed by atoms with van der Waals surface area (Å²) >= 11 is 0. The lowest BCUT2D eigenvalue weighted by Gasteiger charge is -2.23. The molecule has 0 aliphatic heterocycles. The molecule has 0 aromatic heterocycles. The first-order valence-corrected chi connectivity index (χ1v) is 13.9. The van der Waals surface area contributed by atoms with Crippen molar-refractivity contribution >= 4 is 16.0 Å². The van der Waals surface area contributed by atoms with Gasteiger partial charge in [0.25, 0.3) is 0 Å². The van der Waals surface area contributed by atoms with Gasteiger partial charge in [-0.1, -0.05) is 84.6 Å². The number of sulfonamides is 1. The van der Waals surface area contributed by atoms with Gasteiger partial charge in [0.05, 0.1) is 25.7 Å². The Kier molecular flexibility index (Phi) is 9.71. The molecule has 40 heavy (non-hydrogen) atoms. The Hall–Kier alpha value is -4.42. The number of esters is 1. The predicted molar refractivity (Wildman–Crippen MR) is 153 cm³/mol. The van der Waals surface area contributed by atoms with Crippen molar-refractivity contribution in [3.8, 4) is 28.7 Å². The Morgan fingerprint density at radius 3 is 1.95 bits per heavy atom. The summed E-state index contributed by atoms with van der Waals surface area (Å²) in [7, 11) is -1.38. The zero-order chi connectivity index (χ0) is 28.4. The summed E-state index contributed by atoms with van der Waals surface area (Å²) in [5.74, 6) is 5.80. The quantitative estimate of drug-likeness (QED) is 0.223. The van der Waals surface area contributed by atoms with Crippen LogP contribution in [-0.4, -0.2) is 40.8 Å². The maximum absolute atomic E-state index is 13.4. The fourth-order valence-corrected chi connectivity index (χ4v) is 5.05. The Morgan fingerprint density at radius 1 is 0.800 bits per heavy atom. The lowest BCUT2D eigenvalue weighted by molar-refractivity contribution is -0.145. The van der Waals surface area contributed by atoms with Crippen molar-refractivity contribution in [3.05, 3.63) is 120 Å². The third kappa shape index (κ3) is 7.58. The molecule has 0 bridgehead atoms. The predicted octanol–water partition coefficient (Wildman–Crippen LogP) is 4.82. The average Bonchev–Trinajstić information content (AvgIpc) is 3.01. The van der Waals surface area contributed by atoms with Crippen LogP contribution in [-0.2, 0) is 30.9 Å². The van der Waals surface area contributed by atoms with Crippen LogP contribution in [0.25, 0.3) is 11.1 Å². The van der Waals surface area contributed by atoms with Gasteiger partial charge in [0, 0.05) is 5.56 Å². The van der Waals surface area contributed by atoms with Gasteiger partial charge in [-0.3, -0.25) is 4.79 Å². The minimum atomic E-state index is -4.15. The van der Waals surface area contributed by atoms with E-state index in [2.05, 4.69) is 16.6 Å². The SMILES string of the molecule is COC(=O)[C@H](NS(=O)(=O)c1ccc(-c2ccc(OC)cc2)cc1)[C@@H](C#Cc1ccccc1)OCc1ccccc1. The number of benzene rings is 4. The Balaban J connectivity index is 1.60. The summed E-state index contributed by atoms with van der Waals surface area (Å²) in [6.45, 7) is 0.112. The molecule has 7 nitrogen and oxygen atoms in total. The summed E-state index contributed by atoms with van der Waals surface area (Å²) < 4.78 is 45.4. The smallest absolute Gasteiger partial charge is 0.327 e. The molecule has 8 heteroatoms. The molecule has 0 heterocycles. The summed E-state index contributed by atoms with van der Waals surface area (Å²) in [5.41, 5.74) is 3.26. The van der Waals surface area contributed by atoms with Crippen LogP contribution in [0.2, 0.25) is 0 Å². The molecule has 0 amide bonds. The van der Waals surface area contributed by atoms with Gasteiger partial charge < -0.3 is 14.2 Å². The topological polar surface area (TPSA) is 90.9 Å². The Morgan fingerprint density at radius 2 is 1.38 bits per heavy atom. The second kappa shape index (κ2) is 13.6. The van der Waals surface area contributed by atoms with Crippen LogP contribution in [0.4, 0.5) is 0 Å². The van der Waals surface area contributed by atoms with Gasteiger partial charge in [0.2, 0.25) is 10.0 Å². The fraction of sp³-hybridized carbons (Fsp3) is 0.156. The van der Waals surface area contributed by atoms with E-state index in [0.717, 1.165) is 22.4 Å². The highest BCUT2D eigenvalue weighted by molar-refractivity contribution is 7.89. The number of carbonyl (C=O) groups is 1. The van der Waals surface area contributed by atoms with Crippen LogP contribution in [0.1, 0.15) is 11.1 Å². The van der Waals surface area contributed by atoms with E-state index in [9.17, 15) is 13.2 Å². The molecule has 204 valence electrons. The van der Waals surface area contributed by atoms with E-state index in [0.29, 0.717) is 5.56 Å². The number of hydrogen-bond acceptors (Lipinski definition) is 6. The first-order chi connectivity index (χ1) is 19.4. The second-order valence-corrected chi connectivity index (χ2v) is 10.4. The van der Waals surface area contributed by atoms with Crippen molar-refractivity contribution in [3.63, 3.8) is 0 Å². The monoisotopic (exact) mass is 555 g/mol. The van der Waals surface area contributed by atoms with Gasteiger partial charge in [-0.2, -0.15) is 4.72 Å². The van der Waals surface area contributed by atoms with Crippen molar-refractivity contribution in [2.75, 3.05) is 14.2 Å². The largest absolute Gasteiger partial charge is 0.497 e. The van der Waals surface area contributed by atoms with Crippen LogP contribution >= 0.6 is 0 Å². The molecule has 0 saturated heterocycles. The van der Waals surface area contributed by atoms with Crippen molar-refractivity contribution < 1.29 is 27.4 Å². The van der Waals surface area contributed by atoms with Crippen molar-refractivity contribution in [2.24, 2.45) is 0 Å². The van der Waals surface area contributed by atoms with Crippen LogP contribution in [0.5, 0.6) is 5.75 Å².